The van der Waals surface area contributed by atoms with E-state index in [2.05, 4.69) is 0 Å². The Morgan fingerprint density at radius 2 is 1.45 bits per heavy atom. The van der Waals surface area contributed by atoms with Gasteiger partial charge in [-0.05, 0) is 13.3 Å². The molecule has 4 atom stereocenters. The summed E-state index contributed by atoms with van der Waals surface area (Å²) in [5.74, 6) is 0. The maximum absolute atomic E-state index is 9.10. The summed E-state index contributed by atoms with van der Waals surface area (Å²) in [6.07, 6.45) is -4.18. The third-order valence-corrected chi connectivity index (χ3v) is 1.66. The molecule has 0 saturated carbocycles. The van der Waals surface area contributed by atoms with E-state index in [0.29, 0.717) is 6.42 Å². The van der Waals surface area contributed by atoms with Crippen LogP contribution in [0.5, 0.6) is 0 Å². The highest BCUT2D eigenvalue weighted by atomic mass is 16.4. The lowest BCUT2D eigenvalue weighted by Crippen LogP contribution is -2.42. The maximum atomic E-state index is 9.10. The monoisotopic (exact) mass is 164 g/mol. The van der Waals surface area contributed by atoms with E-state index < -0.39 is 24.4 Å². The van der Waals surface area contributed by atoms with E-state index in [1.54, 1.807) is 6.92 Å². The molecule has 0 amide bonds. The molecule has 0 aromatic carbocycles. The van der Waals surface area contributed by atoms with Gasteiger partial charge in [0.25, 0.3) is 0 Å². The van der Waals surface area contributed by atoms with Gasteiger partial charge in [-0.3, -0.25) is 0 Å². The highest BCUT2D eigenvalue weighted by molar-refractivity contribution is 4.77. The van der Waals surface area contributed by atoms with Gasteiger partial charge in [-0.1, -0.05) is 6.92 Å². The number of hydrogen-bond acceptors (Lipinski definition) is 4. The first-order chi connectivity index (χ1) is 5.00. The summed E-state index contributed by atoms with van der Waals surface area (Å²) in [5.41, 5.74) is 0. The molecule has 0 radical (unpaired) electrons. The second kappa shape index (κ2) is 4.66. The van der Waals surface area contributed by atoms with Gasteiger partial charge in [0.05, 0.1) is 12.2 Å². The van der Waals surface area contributed by atoms with Crippen LogP contribution in [0, 0.1) is 0 Å². The first-order valence-electron chi connectivity index (χ1n) is 3.73. The molecule has 0 aliphatic heterocycles. The third kappa shape index (κ3) is 3.16. The molecule has 4 heteroatoms. The molecule has 4 unspecified atom stereocenters. The molecule has 4 N–H and O–H groups in total. The first kappa shape index (κ1) is 10.8. The molecule has 0 heterocycles. The smallest absolute Gasteiger partial charge is 0.108 e. The van der Waals surface area contributed by atoms with E-state index in [9.17, 15) is 0 Å². The van der Waals surface area contributed by atoms with E-state index in [4.69, 9.17) is 20.4 Å². The summed E-state index contributed by atoms with van der Waals surface area (Å²) in [5, 5.41) is 36.0. The molecule has 0 aromatic heterocycles. The zero-order valence-corrected chi connectivity index (χ0v) is 6.81. The predicted molar refractivity (Wildman–Crippen MR) is 40.0 cm³/mol. The fraction of sp³-hybridized carbons (Fsp3) is 1.00. The average molecular weight is 164 g/mol. The second-order valence-corrected chi connectivity index (χ2v) is 2.70. The normalized spacial score (nSPS) is 22.4. The SMILES string of the molecule is CCC(O)C(O)C(O)C(C)O. The van der Waals surface area contributed by atoms with Gasteiger partial charge in [0.15, 0.2) is 0 Å². The van der Waals surface area contributed by atoms with Gasteiger partial charge in [0.2, 0.25) is 0 Å². The van der Waals surface area contributed by atoms with Gasteiger partial charge in [-0.2, -0.15) is 0 Å². The molecular formula is C7H16O4. The Bertz CT molecular complexity index is 105. The van der Waals surface area contributed by atoms with E-state index in [0.717, 1.165) is 0 Å². The predicted octanol–water partition coefficient (Wildman–Crippen LogP) is -1.14. The van der Waals surface area contributed by atoms with E-state index in [1.165, 1.54) is 6.92 Å². The molecule has 0 spiro atoms. The molecule has 4 nitrogen and oxygen atoms in total. The molecule has 0 saturated heterocycles. The molecule has 0 rings (SSSR count). The highest BCUT2D eigenvalue weighted by Crippen LogP contribution is 2.06. The molecular weight excluding hydrogens is 148 g/mol. The third-order valence-electron chi connectivity index (χ3n) is 1.66. The van der Waals surface area contributed by atoms with Crippen molar-refractivity contribution in [2.24, 2.45) is 0 Å². The average Bonchev–Trinajstić information content (AvgIpc) is 2.00. The van der Waals surface area contributed by atoms with E-state index in [-0.39, 0.29) is 0 Å². The van der Waals surface area contributed by atoms with Crippen molar-refractivity contribution in [2.45, 2.75) is 44.7 Å². The van der Waals surface area contributed by atoms with Crippen LogP contribution in [0.25, 0.3) is 0 Å². The number of aliphatic hydroxyl groups is 4. The molecule has 11 heavy (non-hydrogen) atoms. The summed E-state index contributed by atoms with van der Waals surface area (Å²) >= 11 is 0. The van der Waals surface area contributed by atoms with Gasteiger partial charge < -0.3 is 20.4 Å². The quantitative estimate of drug-likeness (QED) is 0.423. The van der Waals surface area contributed by atoms with Crippen LogP contribution in [0.3, 0.4) is 0 Å². The van der Waals surface area contributed by atoms with Crippen LogP contribution in [-0.2, 0) is 0 Å². The van der Waals surface area contributed by atoms with Crippen molar-refractivity contribution in [3.05, 3.63) is 0 Å². The van der Waals surface area contributed by atoms with Crippen LogP contribution in [-0.4, -0.2) is 44.8 Å². The van der Waals surface area contributed by atoms with E-state index >= 15 is 0 Å². The van der Waals surface area contributed by atoms with Gasteiger partial charge in [-0.15, -0.1) is 0 Å². The van der Waals surface area contributed by atoms with Crippen molar-refractivity contribution >= 4 is 0 Å². The number of hydrogen-bond donors (Lipinski definition) is 4. The van der Waals surface area contributed by atoms with Crippen LogP contribution < -0.4 is 0 Å². The second-order valence-electron chi connectivity index (χ2n) is 2.70. The van der Waals surface area contributed by atoms with Crippen LogP contribution >= 0.6 is 0 Å². The molecule has 0 aliphatic rings. The Balaban J connectivity index is 3.90. The summed E-state index contributed by atoms with van der Waals surface area (Å²) in [4.78, 5) is 0. The Morgan fingerprint density at radius 3 is 1.73 bits per heavy atom. The van der Waals surface area contributed by atoms with Crippen LogP contribution in [0.15, 0.2) is 0 Å². The van der Waals surface area contributed by atoms with Gasteiger partial charge in [0.1, 0.15) is 12.2 Å². The fourth-order valence-corrected chi connectivity index (χ4v) is 0.754. The molecule has 0 fully saturated rings. The summed E-state index contributed by atoms with van der Waals surface area (Å²) in [6, 6.07) is 0. The lowest BCUT2D eigenvalue weighted by molar-refractivity contribution is -0.100. The van der Waals surface area contributed by atoms with Crippen molar-refractivity contribution in [3.63, 3.8) is 0 Å². The minimum atomic E-state index is -1.27. The summed E-state index contributed by atoms with van der Waals surface area (Å²) in [6.45, 7) is 3.04. The lowest BCUT2D eigenvalue weighted by atomic mass is 10.0. The zero-order valence-electron chi connectivity index (χ0n) is 6.81. The van der Waals surface area contributed by atoms with Crippen LogP contribution in [0.2, 0.25) is 0 Å². The maximum Gasteiger partial charge on any atom is 0.108 e. The van der Waals surface area contributed by atoms with Gasteiger partial charge >= 0.3 is 0 Å². The summed E-state index contributed by atoms with van der Waals surface area (Å²) in [7, 11) is 0. The Labute approximate surface area is 66.1 Å². The first-order valence-corrected chi connectivity index (χ1v) is 3.73. The number of rotatable bonds is 4. The molecule has 68 valence electrons. The minimum Gasteiger partial charge on any atom is -0.391 e. The Hall–Kier alpha value is -0.160. The molecule has 0 bridgehead atoms. The van der Waals surface area contributed by atoms with Crippen molar-refractivity contribution in [1.82, 2.24) is 0 Å². The summed E-state index contributed by atoms with van der Waals surface area (Å²) < 4.78 is 0. The largest absolute Gasteiger partial charge is 0.391 e. The van der Waals surface area contributed by atoms with Crippen molar-refractivity contribution < 1.29 is 20.4 Å². The minimum absolute atomic E-state index is 0.352. The number of aliphatic hydroxyl groups excluding tert-OH is 4. The molecule has 0 aliphatic carbocycles. The zero-order chi connectivity index (χ0) is 9.02. The van der Waals surface area contributed by atoms with Crippen LogP contribution in [0.4, 0.5) is 0 Å². The van der Waals surface area contributed by atoms with Crippen molar-refractivity contribution in [3.8, 4) is 0 Å². The van der Waals surface area contributed by atoms with Gasteiger partial charge in [0, 0.05) is 0 Å². The standard InChI is InChI=1S/C7H16O4/c1-3-5(9)7(11)6(10)4(2)8/h4-11H,3H2,1-2H3. The Morgan fingerprint density at radius 1 is 1.00 bits per heavy atom. The highest BCUT2D eigenvalue weighted by Gasteiger charge is 2.26. The topological polar surface area (TPSA) is 80.9 Å². The van der Waals surface area contributed by atoms with Gasteiger partial charge in [-0.25, -0.2) is 0 Å². The lowest BCUT2D eigenvalue weighted by Gasteiger charge is -2.23. The van der Waals surface area contributed by atoms with Crippen molar-refractivity contribution in [2.75, 3.05) is 0 Å². The Kier molecular flexibility index (Phi) is 4.60. The van der Waals surface area contributed by atoms with E-state index in [1.807, 2.05) is 0 Å². The van der Waals surface area contributed by atoms with Crippen LogP contribution in [0.1, 0.15) is 20.3 Å². The fourth-order valence-electron chi connectivity index (χ4n) is 0.754. The van der Waals surface area contributed by atoms with Crippen molar-refractivity contribution in [1.29, 1.82) is 0 Å². The molecule has 0 aromatic rings.